The predicted molar refractivity (Wildman–Crippen MR) is 111 cm³/mol. The van der Waals surface area contributed by atoms with Gasteiger partial charge in [0.15, 0.2) is 17.5 Å². The van der Waals surface area contributed by atoms with Crippen LogP contribution in [0, 0.1) is 0 Å². The summed E-state index contributed by atoms with van der Waals surface area (Å²) in [4.78, 5) is 8.54. The maximum absolute atomic E-state index is 5.44. The number of rotatable bonds is 7. The van der Waals surface area contributed by atoms with E-state index in [1.807, 2.05) is 36.4 Å². The second-order valence-corrected chi connectivity index (χ2v) is 5.08. The van der Waals surface area contributed by atoms with Crippen LogP contribution >= 0.6 is 24.0 Å². The molecule has 2 aromatic rings. The van der Waals surface area contributed by atoms with Crippen molar-refractivity contribution in [1.82, 2.24) is 15.6 Å². The zero-order chi connectivity index (χ0) is 17.2. The lowest BCUT2D eigenvalue weighted by Gasteiger charge is -2.15. The van der Waals surface area contributed by atoms with E-state index in [1.54, 1.807) is 27.5 Å². The first-order valence-corrected chi connectivity index (χ1v) is 7.82. The SMILES string of the molecule is CN=C(NCCc1ccccn1)NCc1cccc(OC)c1OC.I. The molecule has 25 heavy (non-hydrogen) atoms. The highest BCUT2D eigenvalue weighted by Gasteiger charge is 2.09. The van der Waals surface area contributed by atoms with E-state index < -0.39 is 0 Å². The Labute approximate surface area is 166 Å². The van der Waals surface area contributed by atoms with Gasteiger partial charge in [0, 0.05) is 44.0 Å². The van der Waals surface area contributed by atoms with E-state index in [2.05, 4.69) is 20.6 Å². The molecule has 136 valence electrons. The highest BCUT2D eigenvalue weighted by Crippen LogP contribution is 2.30. The summed E-state index contributed by atoms with van der Waals surface area (Å²) in [5.41, 5.74) is 2.06. The molecule has 1 aromatic heterocycles. The average Bonchev–Trinajstić information content (AvgIpc) is 2.64. The number of benzene rings is 1. The van der Waals surface area contributed by atoms with Gasteiger partial charge >= 0.3 is 0 Å². The average molecular weight is 456 g/mol. The summed E-state index contributed by atoms with van der Waals surface area (Å²) < 4.78 is 10.8. The minimum absolute atomic E-state index is 0. The van der Waals surface area contributed by atoms with Crippen LogP contribution in [-0.2, 0) is 13.0 Å². The Bertz CT molecular complexity index is 665. The number of pyridine rings is 1. The Hall–Kier alpha value is -2.03. The van der Waals surface area contributed by atoms with E-state index in [4.69, 9.17) is 9.47 Å². The highest BCUT2D eigenvalue weighted by atomic mass is 127. The Balaban J connectivity index is 0.00000312. The molecule has 0 fully saturated rings. The normalized spacial score (nSPS) is 10.6. The monoisotopic (exact) mass is 456 g/mol. The van der Waals surface area contributed by atoms with Crippen molar-refractivity contribution < 1.29 is 9.47 Å². The van der Waals surface area contributed by atoms with E-state index in [0.29, 0.717) is 6.54 Å². The summed E-state index contributed by atoms with van der Waals surface area (Å²) in [7, 11) is 5.02. The van der Waals surface area contributed by atoms with Gasteiger partial charge in [0.1, 0.15) is 0 Å². The van der Waals surface area contributed by atoms with Crippen molar-refractivity contribution in [3.8, 4) is 11.5 Å². The molecule has 0 aliphatic carbocycles. The zero-order valence-corrected chi connectivity index (χ0v) is 17.1. The van der Waals surface area contributed by atoms with E-state index in [0.717, 1.165) is 41.7 Å². The smallest absolute Gasteiger partial charge is 0.191 e. The molecule has 0 bridgehead atoms. The molecule has 0 radical (unpaired) electrons. The summed E-state index contributed by atoms with van der Waals surface area (Å²) in [6.45, 7) is 1.34. The molecule has 2 rings (SSSR count). The molecule has 0 saturated heterocycles. The van der Waals surface area contributed by atoms with E-state index in [9.17, 15) is 0 Å². The van der Waals surface area contributed by atoms with Crippen molar-refractivity contribution in [2.75, 3.05) is 27.8 Å². The number of nitrogens with zero attached hydrogens (tertiary/aromatic N) is 2. The maximum Gasteiger partial charge on any atom is 0.191 e. The second-order valence-electron chi connectivity index (χ2n) is 5.08. The third-order valence-electron chi connectivity index (χ3n) is 3.55. The van der Waals surface area contributed by atoms with Gasteiger partial charge in [0.25, 0.3) is 0 Å². The summed E-state index contributed by atoms with van der Waals surface area (Å²) in [5.74, 6) is 2.18. The van der Waals surface area contributed by atoms with Crippen molar-refractivity contribution in [2.45, 2.75) is 13.0 Å². The van der Waals surface area contributed by atoms with Crippen molar-refractivity contribution in [2.24, 2.45) is 4.99 Å². The van der Waals surface area contributed by atoms with Crippen molar-refractivity contribution in [3.63, 3.8) is 0 Å². The van der Waals surface area contributed by atoms with E-state index in [-0.39, 0.29) is 24.0 Å². The summed E-state index contributed by atoms with van der Waals surface area (Å²) >= 11 is 0. The molecular weight excluding hydrogens is 431 g/mol. The van der Waals surface area contributed by atoms with Gasteiger partial charge in [0.05, 0.1) is 14.2 Å². The molecule has 0 unspecified atom stereocenters. The highest BCUT2D eigenvalue weighted by molar-refractivity contribution is 14.0. The molecule has 1 aromatic carbocycles. The first kappa shape index (κ1) is 21.0. The van der Waals surface area contributed by atoms with Crippen LogP contribution in [0.3, 0.4) is 0 Å². The lowest BCUT2D eigenvalue weighted by molar-refractivity contribution is 0.351. The Kier molecular flexibility index (Phi) is 9.68. The minimum atomic E-state index is 0. The van der Waals surface area contributed by atoms with Crippen LogP contribution in [0.25, 0.3) is 0 Å². The molecule has 0 amide bonds. The molecular formula is C18H25IN4O2. The third-order valence-corrected chi connectivity index (χ3v) is 3.55. The molecule has 0 spiro atoms. The van der Waals surface area contributed by atoms with Crippen LogP contribution in [0.1, 0.15) is 11.3 Å². The van der Waals surface area contributed by atoms with Crippen molar-refractivity contribution in [1.29, 1.82) is 0 Å². The van der Waals surface area contributed by atoms with Crippen LogP contribution in [0.15, 0.2) is 47.6 Å². The van der Waals surface area contributed by atoms with Gasteiger partial charge in [-0.2, -0.15) is 0 Å². The number of guanidine groups is 1. The van der Waals surface area contributed by atoms with E-state index in [1.165, 1.54) is 0 Å². The number of para-hydroxylation sites is 1. The molecule has 2 N–H and O–H groups in total. The largest absolute Gasteiger partial charge is 0.493 e. The Morgan fingerprint density at radius 3 is 2.56 bits per heavy atom. The molecule has 6 nitrogen and oxygen atoms in total. The first-order valence-electron chi connectivity index (χ1n) is 7.82. The Morgan fingerprint density at radius 2 is 1.92 bits per heavy atom. The van der Waals surface area contributed by atoms with Crippen molar-refractivity contribution >= 4 is 29.9 Å². The topological polar surface area (TPSA) is 67.8 Å². The van der Waals surface area contributed by atoms with Crippen LogP contribution < -0.4 is 20.1 Å². The molecule has 1 heterocycles. The van der Waals surface area contributed by atoms with Gasteiger partial charge in [0.2, 0.25) is 0 Å². The third kappa shape index (κ3) is 6.41. The van der Waals surface area contributed by atoms with Crippen molar-refractivity contribution in [3.05, 3.63) is 53.9 Å². The fraction of sp³-hybridized carbons (Fsp3) is 0.333. The number of hydrogen-bond donors (Lipinski definition) is 2. The standard InChI is InChI=1S/C18H24N4O2.HI/c1-19-18(21-12-10-15-8-4-5-11-20-15)22-13-14-7-6-9-16(23-2)17(14)24-3;/h4-9,11H,10,12-13H2,1-3H3,(H2,19,21,22);1H. The fourth-order valence-electron chi connectivity index (χ4n) is 2.35. The maximum atomic E-state index is 5.44. The number of aliphatic imine (C=N–C) groups is 1. The molecule has 0 atom stereocenters. The van der Waals surface area contributed by atoms with Gasteiger partial charge in [-0.3, -0.25) is 9.98 Å². The summed E-state index contributed by atoms with van der Waals surface area (Å²) in [6, 6.07) is 11.7. The van der Waals surface area contributed by atoms with Crippen LogP contribution in [0.5, 0.6) is 11.5 Å². The number of halogens is 1. The van der Waals surface area contributed by atoms with Gasteiger partial charge in [-0.15, -0.1) is 24.0 Å². The summed E-state index contributed by atoms with van der Waals surface area (Å²) in [5, 5.41) is 6.56. The second kappa shape index (κ2) is 11.5. The number of ether oxygens (including phenoxy) is 2. The first-order chi connectivity index (χ1) is 11.8. The number of methoxy groups -OCH3 is 2. The van der Waals surface area contributed by atoms with Gasteiger partial charge < -0.3 is 20.1 Å². The van der Waals surface area contributed by atoms with Gasteiger partial charge in [-0.05, 0) is 18.2 Å². The number of hydrogen-bond acceptors (Lipinski definition) is 4. The molecule has 0 saturated carbocycles. The lowest BCUT2D eigenvalue weighted by Crippen LogP contribution is -2.38. The lowest BCUT2D eigenvalue weighted by atomic mass is 10.2. The zero-order valence-electron chi connectivity index (χ0n) is 14.8. The van der Waals surface area contributed by atoms with Crippen LogP contribution in [-0.4, -0.2) is 38.8 Å². The van der Waals surface area contributed by atoms with Gasteiger partial charge in [-0.1, -0.05) is 18.2 Å². The van der Waals surface area contributed by atoms with Crippen LogP contribution in [0.4, 0.5) is 0 Å². The van der Waals surface area contributed by atoms with Gasteiger partial charge in [-0.25, -0.2) is 0 Å². The number of aromatic nitrogens is 1. The molecule has 7 heteroatoms. The fourth-order valence-corrected chi connectivity index (χ4v) is 2.35. The minimum Gasteiger partial charge on any atom is -0.493 e. The molecule has 0 aliphatic heterocycles. The summed E-state index contributed by atoms with van der Waals surface area (Å²) in [6.07, 6.45) is 2.64. The van der Waals surface area contributed by atoms with Crippen LogP contribution in [0.2, 0.25) is 0 Å². The Morgan fingerprint density at radius 1 is 1.08 bits per heavy atom. The molecule has 0 aliphatic rings. The quantitative estimate of drug-likeness (QED) is 0.381. The van der Waals surface area contributed by atoms with E-state index >= 15 is 0 Å². The predicted octanol–water partition coefficient (Wildman–Crippen LogP) is 2.62. The number of nitrogens with one attached hydrogen (secondary N) is 2.